The van der Waals surface area contributed by atoms with Crippen molar-refractivity contribution in [3.63, 3.8) is 0 Å². The molecular weight excluding hydrogens is 106 g/mol. The fourth-order valence-corrected chi connectivity index (χ4v) is 0.374. The molecule has 0 saturated carbocycles. The van der Waals surface area contributed by atoms with Gasteiger partial charge in [0.25, 0.3) is 0 Å². The molecule has 0 aromatic rings. The largest absolute Gasteiger partial charge is 0.396 e. The van der Waals surface area contributed by atoms with Crippen LogP contribution >= 0.6 is 0 Å². The molecule has 1 atom stereocenters. The van der Waals surface area contributed by atoms with Gasteiger partial charge in [-0.25, -0.2) is 0 Å². The molecule has 1 unspecified atom stereocenters. The molecule has 0 bridgehead atoms. The first-order valence-electron chi connectivity index (χ1n) is 2.64. The molecule has 3 nitrogen and oxygen atoms in total. The lowest BCUT2D eigenvalue weighted by atomic mass is 10.4. The van der Waals surface area contributed by atoms with Gasteiger partial charge in [0.1, 0.15) is 6.23 Å². The monoisotopic (exact) mass is 119 g/mol. The van der Waals surface area contributed by atoms with E-state index in [2.05, 4.69) is 0 Å². The molecule has 0 aliphatic heterocycles. The van der Waals surface area contributed by atoms with Crippen LogP contribution in [0.1, 0.15) is 6.42 Å². The summed E-state index contributed by atoms with van der Waals surface area (Å²) in [5.74, 6) is 0. The fraction of sp³-hybridized carbons (Fsp3) is 1.00. The van der Waals surface area contributed by atoms with Crippen molar-refractivity contribution in [3.8, 4) is 0 Å². The Balaban J connectivity index is 3.17. The van der Waals surface area contributed by atoms with Gasteiger partial charge in [-0.15, -0.1) is 0 Å². The van der Waals surface area contributed by atoms with Gasteiger partial charge in [-0.3, -0.25) is 4.90 Å². The molecule has 3 heteroatoms. The Labute approximate surface area is 49.5 Å². The summed E-state index contributed by atoms with van der Waals surface area (Å²) in [5.41, 5.74) is 0. The van der Waals surface area contributed by atoms with E-state index >= 15 is 0 Å². The third-order valence-electron chi connectivity index (χ3n) is 0.983. The normalized spacial score (nSPS) is 14.6. The van der Waals surface area contributed by atoms with Crippen LogP contribution in [0, 0.1) is 0 Å². The molecule has 0 spiro atoms. The standard InChI is InChI=1S/C5H13NO2/c1-6(2)5(8)3-4-7/h5,7-8H,3-4H2,1-2H3. The van der Waals surface area contributed by atoms with Crippen molar-refractivity contribution in [2.24, 2.45) is 0 Å². The molecule has 0 aromatic heterocycles. The van der Waals surface area contributed by atoms with Crippen LogP contribution in [0.2, 0.25) is 0 Å². The summed E-state index contributed by atoms with van der Waals surface area (Å²) >= 11 is 0. The topological polar surface area (TPSA) is 43.7 Å². The number of rotatable bonds is 3. The van der Waals surface area contributed by atoms with Gasteiger partial charge in [-0.05, 0) is 14.1 Å². The van der Waals surface area contributed by atoms with Crippen LogP contribution in [-0.4, -0.2) is 42.0 Å². The summed E-state index contributed by atoms with van der Waals surface area (Å²) in [5, 5.41) is 17.2. The second kappa shape index (κ2) is 3.83. The Morgan fingerprint density at radius 3 is 2.12 bits per heavy atom. The van der Waals surface area contributed by atoms with Gasteiger partial charge < -0.3 is 10.2 Å². The summed E-state index contributed by atoms with van der Waals surface area (Å²) in [4.78, 5) is 1.65. The smallest absolute Gasteiger partial charge is 0.109 e. The van der Waals surface area contributed by atoms with E-state index in [0.29, 0.717) is 6.42 Å². The summed E-state index contributed by atoms with van der Waals surface area (Å²) in [6.45, 7) is 0.0410. The van der Waals surface area contributed by atoms with Crippen LogP contribution in [0.4, 0.5) is 0 Å². The maximum atomic E-state index is 8.89. The zero-order chi connectivity index (χ0) is 6.57. The average Bonchev–Trinajstić information content (AvgIpc) is 1.67. The van der Waals surface area contributed by atoms with E-state index in [-0.39, 0.29) is 6.61 Å². The number of nitrogens with zero attached hydrogens (tertiary/aromatic N) is 1. The van der Waals surface area contributed by atoms with E-state index in [1.54, 1.807) is 19.0 Å². The molecule has 0 saturated heterocycles. The second-order valence-corrected chi connectivity index (χ2v) is 1.96. The minimum Gasteiger partial charge on any atom is -0.396 e. The van der Waals surface area contributed by atoms with Crippen molar-refractivity contribution in [3.05, 3.63) is 0 Å². The van der Waals surface area contributed by atoms with Crippen molar-refractivity contribution < 1.29 is 10.2 Å². The Bertz CT molecular complexity index is 56.4. The Kier molecular flexibility index (Phi) is 3.77. The average molecular weight is 119 g/mol. The zero-order valence-corrected chi connectivity index (χ0v) is 5.33. The highest BCUT2D eigenvalue weighted by atomic mass is 16.3. The number of hydrogen-bond donors (Lipinski definition) is 2. The fourth-order valence-electron chi connectivity index (χ4n) is 0.374. The molecule has 0 rings (SSSR count). The van der Waals surface area contributed by atoms with Gasteiger partial charge in [-0.1, -0.05) is 0 Å². The maximum Gasteiger partial charge on any atom is 0.109 e. The van der Waals surface area contributed by atoms with E-state index in [9.17, 15) is 0 Å². The molecule has 0 amide bonds. The van der Waals surface area contributed by atoms with E-state index < -0.39 is 6.23 Å². The number of hydrogen-bond acceptors (Lipinski definition) is 3. The molecule has 8 heavy (non-hydrogen) atoms. The Morgan fingerprint density at radius 2 is 2.00 bits per heavy atom. The lowest BCUT2D eigenvalue weighted by Crippen LogP contribution is -2.28. The van der Waals surface area contributed by atoms with Gasteiger partial charge in [0, 0.05) is 13.0 Å². The van der Waals surface area contributed by atoms with Gasteiger partial charge in [0.2, 0.25) is 0 Å². The van der Waals surface area contributed by atoms with Gasteiger partial charge in [0.05, 0.1) is 0 Å². The SMILES string of the molecule is CN(C)C(O)CCO. The minimum atomic E-state index is -0.500. The second-order valence-electron chi connectivity index (χ2n) is 1.96. The van der Waals surface area contributed by atoms with Crippen molar-refractivity contribution in [1.29, 1.82) is 0 Å². The van der Waals surface area contributed by atoms with E-state index in [1.807, 2.05) is 0 Å². The van der Waals surface area contributed by atoms with Crippen LogP contribution in [0.25, 0.3) is 0 Å². The van der Waals surface area contributed by atoms with E-state index in [1.165, 1.54) is 0 Å². The predicted molar refractivity (Wildman–Crippen MR) is 31.4 cm³/mol. The summed E-state index contributed by atoms with van der Waals surface area (Å²) < 4.78 is 0. The van der Waals surface area contributed by atoms with Crippen LogP contribution < -0.4 is 0 Å². The first kappa shape index (κ1) is 7.88. The molecule has 0 aliphatic rings. The van der Waals surface area contributed by atoms with Gasteiger partial charge in [0.15, 0.2) is 0 Å². The first-order valence-corrected chi connectivity index (χ1v) is 2.64. The van der Waals surface area contributed by atoms with Crippen molar-refractivity contribution in [2.45, 2.75) is 12.6 Å². The third-order valence-corrected chi connectivity index (χ3v) is 0.983. The molecule has 0 aromatic carbocycles. The van der Waals surface area contributed by atoms with Crippen LogP contribution in [-0.2, 0) is 0 Å². The lowest BCUT2D eigenvalue weighted by molar-refractivity contribution is 0.0199. The van der Waals surface area contributed by atoms with Crippen molar-refractivity contribution in [2.75, 3.05) is 20.7 Å². The quantitative estimate of drug-likeness (QED) is 0.480. The molecule has 0 heterocycles. The van der Waals surface area contributed by atoms with Gasteiger partial charge >= 0.3 is 0 Å². The third kappa shape index (κ3) is 2.96. The molecule has 0 aliphatic carbocycles. The summed E-state index contributed by atoms with van der Waals surface area (Å²) in [6, 6.07) is 0. The molecule has 0 fully saturated rings. The Hall–Kier alpha value is -0.120. The highest BCUT2D eigenvalue weighted by molar-refractivity contribution is 4.47. The minimum absolute atomic E-state index is 0.0410. The predicted octanol–water partition coefficient (Wildman–Crippen LogP) is -0.751. The number of aliphatic hydroxyl groups is 2. The first-order chi connectivity index (χ1) is 3.68. The maximum absolute atomic E-state index is 8.89. The van der Waals surface area contributed by atoms with Crippen LogP contribution in [0.15, 0.2) is 0 Å². The molecule has 0 radical (unpaired) electrons. The van der Waals surface area contributed by atoms with E-state index in [0.717, 1.165) is 0 Å². The molecule has 50 valence electrons. The van der Waals surface area contributed by atoms with Gasteiger partial charge in [-0.2, -0.15) is 0 Å². The number of aliphatic hydroxyl groups excluding tert-OH is 2. The van der Waals surface area contributed by atoms with E-state index in [4.69, 9.17) is 10.2 Å². The molecule has 2 N–H and O–H groups in total. The van der Waals surface area contributed by atoms with Crippen LogP contribution in [0.3, 0.4) is 0 Å². The Morgan fingerprint density at radius 1 is 1.50 bits per heavy atom. The lowest BCUT2D eigenvalue weighted by Gasteiger charge is -2.16. The zero-order valence-electron chi connectivity index (χ0n) is 5.33. The van der Waals surface area contributed by atoms with Crippen LogP contribution in [0.5, 0.6) is 0 Å². The van der Waals surface area contributed by atoms with Crippen molar-refractivity contribution in [1.82, 2.24) is 4.90 Å². The van der Waals surface area contributed by atoms with Crippen molar-refractivity contribution >= 4 is 0 Å². The molecular formula is C5H13NO2. The highest BCUT2D eigenvalue weighted by Gasteiger charge is 2.02. The summed E-state index contributed by atoms with van der Waals surface area (Å²) in [6.07, 6.45) is -0.0764. The summed E-state index contributed by atoms with van der Waals surface area (Å²) in [7, 11) is 3.53. The highest BCUT2D eigenvalue weighted by Crippen LogP contribution is 1.91.